The van der Waals surface area contributed by atoms with Crippen molar-refractivity contribution in [3.8, 4) is 0 Å². The molecule has 4 nitrogen and oxygen atoms in total. The maximum Gasteiger partial charge on any atom is 0.182 e. The van der Waals surface area contributed by atoms with Crippen LogP contribution in [0.15, 0.2) is 13.0 Å². The largest absolute Gasteiger partial charge is 0.213 e. The minimum atomic E-state index is 0.815. The van der Waals surface area contributed by atoms with E-state index in [2.05, 4.69) is 26.5 Å². The van der Waals surface area contributed by atoms with E-state index in [1.54, 1.807) is 23.1 Å². The summed E-state index contributed by atoms with van der Waals surface area (Å²) < 4.78 is 6.99. The van der Waals surface area contributed by atoms with Gasteiger partial charge in [0.1, 0.15) is 5.82 Å². The van der Waals surface area contributed by atoms with E-state index in [4.69, 9.17) is 0 Å². The Morgan fingerprint density at radius 2 is 2.00 bits per heavy atom. The lowest BCUT2D eigenvalue weighted by atomic mass is 10.8. The summed E-state index contributed by atoms with van der Waals surface area (Å²) in [6.45, 7) is 3.99. The molecule has 0 saturated carbocycles. The third-order valence-electron chi connectivity index (χ3n) is 1.34. The van der Waals surface area contributed by atoms with Gasteiger partial charge in [-0.05, 0) is 36.0 Å². The van der Waals surface area contributed by atoms with Crippen molar-refractivity contribution in [2.45, 2.75) is 26.9 Å². The van der Waals surface area contributed by atoms with Crippen LogP contribution in [0.2, 0.25) is 0 Å². The van der Waals surface area contributed by atoms with Crippen LogP contribution in [-0.2, 0) is 0 Å². The molecule has 0 radical (unpaired) electrons. The topological polar surface area (TPSA) is 51.6 Å². The second-order valence-electron chi connectivity index (χ2n) is 2.48. The highest BCUT2D eigenvalue weighted by Crippen LogP contribution is 2.33. The molecule has 0 fully saturated rings. The molecular weight excluding hydrogens is 268 g/mol. The summed E-state index contributed by atoms with van der Waals surface area (Å²) in [7, 11) is 0. The monoisotopic (exact) mass is 276 g/mol. The maximum absolute atomic E-state index is 4.26. The van der Waals surface area contributed by atoms with Crippen LogP contribution in [0.3, 0.4) is 0 Å². The van der Waals surface area contributed by atoms with Crippen molar-refractivity contribution in [3.63, 3.8) is 0 Å². The number of aryl methyl sites for hydroxylation is 1. The highest BCUT2D eigenvalue weighted by atomic mass is 32.2. The summed E-state index contributed by atoms with van der Waals surface area (Å²) in [5, 5.41) is 8.16. The maximum atomic E-state index is 4.26. The summed E-state index contributed by atoms with van der Waals surface area (Å²) in [4.78, 5) is 4.26. The minimum Gasteiger partial charge on any atom is -0.213 e. The summed E-state index contributed by atoms with van der Waals surface area (Å²) in [5.74, 6) is 1.84. The van der Waals surface area contributed by atoms with Crippen LogP contribution in [0.5, 0.6) is 0 Å². The van der Waals surface area contributed by atoms with Crippen molar-refractivity contribution in [2.75, 3.05) is 5.75 Å². The van der Waals surface area contributed by atoms with Gasteiger partial charge in [0.2, 0.25) is 0 Å². The first-order valence-electron chi connectivity index (χ1n) is 4.22. The van der Waals surface area contributed by atoms with Crippen LogP contribution in [-0.4, -0.2) is 25.3 Å². The van der Waals surface area contributed by atoms with Crippen molar-refractivity contribution < 1.29 is 0 Å². The van der Waals surface area contributed by atoms with Crippen LogP contribution >= 0.6 is 46.4 Å². The normalized spacial score (nSPS) is 10.8. The van der Waals surface area contributed by atoms with Gasteiger partial charge in [-0.3, -0.25) is 0 Å². The summed E-state index contributed by atoms with van der Waals surface area (Å²) in [5.41, 5.74) is 0. The van der Waals surface area contributed by atoms with E-state index in [0.717, 1.165) is 24.6 Å². The number of nitrogens with zero attached hydrogens (tertiary/aromatic N) is 4. The highest BCUT2D eigenvalue weighted by molar-refractivity contribution is 8.04. The number of rotatable bonds is 4. The van der Waals surface area contributed by atoms with E-state index in [9.17, 15) is 0 Å². The molecule has 0 spiro atoms. The molecule has 2 aromatic heterocycles. The Kier molecular flexibility index (Phi) is 3.95. The number of hydrogen-bond acceptors (Lipinski definition) is 8. The summed E-state index contributed by atoms with van der Waals surface area (Å²) in [6.07, 6.45) is 0. The van der Waals surface area contributed by atoms with Gasteiger partial charge in [-0.25, -0.2) is 4.98 Å². The van der Waals surface area contributed by atoms with E-state index >= 15 is 0 Å². The van der Waals surface area contributed by atoms with E-state index in [1.807, 2.05) is 6.92 Å². The lowest BCUT2D eigenvalue weighted by molar-refractivity contribution is 0.953. The lowest BCUT2D eigenvalue weighted by Crippen LogP contribution is -1.73. The molecule has 8 heteroatoms. The molecule has 0 unspecified atom stereocenters. The first-order valence-corrected chi connectivity index (χ1v) is 7.61. The molecule has 80 valence electrons. The molecule has 2 rings (SSSR count). The fraction of sp³-hybridized carbons (Fsp3) is 0.429. The Hall–Kier alpha value is -0.180. The molecule has 2 heterocycles. The first kappa shape index (κ1) is 11.3. The van der Waals surface area contributed by atoms with Crippen LogP contribution in [0.4, 0.5) is 0 Å². The van der Waals surface area contributed by atoms with E-state index in [1.165, 1.54) is 23.3 Å². The molecule has 0 aliphatic rings. The van der Waals surface area contributed by atoms with E-state index in [-0.39, 0.29) is 0 Å². The third-order valence-corrected chi connectivity index (χ3v) is 5.17. The van der Waals surface area contributed by atoms with E-state index < -0.39 is 0 Å². The molecule has 0 aromatic carbocycles. The molecular formula is C7H8N4S4. The Morgan fingerprint density at radius 3 is 2.67 bits per heavy atom. The van der Waals surface area contributed by atoms with Gasteiger partial charge in [0, 0.05) is 0 Å². The highest BCUT2D eigenvalue weighted by Gasteiger charge is 2.08. The number of aromatic nitrogens is 4. The lowest BCUT2D eigenvalue weighted by Gasteiger charge is -1.86. The van der Waals surface area contributed by atoms with Crippen molar-refractivity contribution in [1.82, 2.24) is 19.6 Å². The second-order valence-corrected chi connectivity index (χ2v) is 7.21. The third kappa shape index (κ3) is 3.13. The Bertz CT molecular complexity index is 438. The van der Waals surface area contributed by atoms with Crippen LogP contribution < -0.4 is 0 Å². The summed E-state index contributed by atoms with van der Waals surface area (Å²) >= 11 is 6.25. The fourth-order valence-corrected chi connectivity index (χ4v) is 4.59. The quantitative estimate of drug-likeness (QED) is 0.800. The van der Waals surface area contributed by atoms with Crippen molar-refractivity contribution in [1.29, 1.82) is 0 Å². The fourth-order valence-electron chi connectivity index (χ4n) is 0.814. The summed E-state index contributed by atoms with van der Waals surface area (Å²) in [6, 6.07) is 0. The average molecular weight is 276 g/mol. The van der Waals surface area contributed by atoms with Crippen LogP contribution in [0.25, 0.3) is 0 Å². The molecule has 0 atom stereocenters. The van der Waals surface area contributed by atoms with Gasteiger partial charge < -0.3 is 0 Å². The molecule has 0 aliphatic carbocycles. The Labute approximate surface area is 104 Å². The van der Waals surface area contributed by atoms with Crippen molar-refractivity contribution in [2.24, 2.45) is 0 Å². The molecule has 0 bridgehead atoms. The predicted octanol–water partition coefficient (Wildman–Crippen LogP) is 2.96. The minimum absolute atomic E-state index is 0.815. The average Bonchev–Trinajstić information content (AvgIpc) is 2.78. The molecule has 0 amide bonds. The Morgan fingerprint density at radius 1 is 1.20 bits per heavy atom. The zero-order valence-electron chi connectivity index (χ0n) is 8.13. The van der Waals surface area contributed by atoms with Crippen molar-refractivity contribution in [3.05, 3.63) is 5.82 Å². The molecule has 0 saturated heterocycles. The SMILES string of the molecule is CCSc1nnc(Sc2nc(C)ns2)s1. The second kappa shape index (κ2) is 5.24. The molecule has 0 N–H and O–H groups in total. The van der Waals surface area contributed by atoms with Gasteiger partial charge in [-0.2, -0.15) is 4.37 Å². The molecule has 0 aliphatic heterocycles. The van der Waals surface area contributed by atoms with Gasteiger partial charge in [0.05, 0.1) is 0 Å². The predicted molar refractivity (Wildman–Crippen MR) is 65.1 cm³/mol. The molecule has 2 aromatic rings. The van der Waals surface area contributed by atoms with E-state index in [0.29, 0.717) is 0 Å². The van der Waals surface area contributed by atoms with Gasteiger partial charge in [-0.15, -0.1) is 10.2 Å². The van der Waals surface area contributed by atoms with Crippen molar-refractivity contribution >= 4 is 46.4 Å². The Balaban J connectivity index is 2.04. The first-order chi connectivity index (χ1) is 7.28. The van der Waals surface area contributed by atoms with Crippen LogP contribution in [0, 0.1) is 6.92 Å². The standard InChI is InChI=1S/C7H8N4S4/c1-3-12-6-9-10-7(14-6)13-5-8-4(2)11-15-5/h3H2,1-2H3. The zero-order chi connectivity index (χ0) is 10.7. The number of hydrogen-bond donors (Lipinski definition) is 0. The van der Waals surface area contributed by atoms with Gasteiger partial charge in [0.25, 0.3) is 0 Å². The van der Waals surface area contributed by atoms with Crippen LogP contribution in [0.1, 0.15) is 12.7 Å². The zero-order valence-corrected chi connectivity index (χ0v) is 11.4. The number of thioether (sulfide) groups is 1. The van der Waals surface area contributed by atoms with Gasteiger partial charge >= 0.3 is 0 Å². The van der Waals surface area contributed by atoms with Gasteiger partial charge in [-0.1, -0.05) is 30.0 Å². The molecule has 15 heavy (non-hydrogen) atoms. The van der Waals surface area contributed by atoms with Gasteiger partial charge in [0.15, 0.2) is 13.0 Å². The smallest absolute Gasteiger partial charge is 0.182 e.